The smallest absolute Gasteiger partial charge is 0.235 e. The molecule has 2 N–H and O–H groups in total. The van der Waals surface area contributed by atoms with Gasteiger partial charge in [0.25, 0.3) is 0 Å². The molecule has 1 amide bonds. The summed E-state index contributed by atoms with van der Waals surface area (Å²) in [4.78, 5) is 11.9. The van der Waals surface area contributed by atoms with Crippen molar-refractivity contribution in [3.63, 3.8) is 0 Å². The molecule has 1 aromatic heterocycles. The summed E-state index contributed by atoms with van der Waals surface area (Å²) >= 11 is 1.56. The summed E-state index contributed by atoms with van der Waals surface area (Å²) in [6, 6.07) is 5.83. The van der Waals surface area contributed by atoms with Crippen LogP contribution in [0.4, 0.5) is 5.82 Å². The molecular weight excluding hydrogens is 314 g/mol. The number of rotatable bonds is 4. The Morgan fingerprint density at radius 3 is 3.00 bits per heavy atom. The number of methoxy groups -OCH3 is 1. The fourth-order valence-electron chi connectivity index (χ4n) is 2.71. The number of fused-ring (bicyclic) bond motifs is 1. The quantitative estimate of drug-likeness (QED) is 0.900. The van der Waals surface area contributed by atoms with E-state index >= 15 is 0 Å². The van der Waals surface area contributed by atoms with Gasteiger partial charge in [0.15, 0.2) is 17.3 Å². The predicted octanol–water partition coefficient (Wildman–Crippen LogP) is 2.90. The molecule has 2 aromatic rings. The fraction of sp³-hybridized carbons (Fsp3) is 0.375. The molecule has 1 aromatic carbocycles. The summed E-state index contributed by atoms with van der Waals surface area (Å²) in [6.45, 7) is 4.44. The summed E-state index contributed by atoms with van der Waals surface area (Å²) in [7, 11) is 1.63. The highest BCUT2D eigenvalue weighted by Gasteiger charge is 2.31. The van der Waals surface area contributed by atoms with Gasteiger partial charge >= 0.3 is 0 Å². The maximum absolute atomic E-state index is 11.9. The van der Waals surface area contributed by atoms with E-state index in [2.05, 4.69) is 15.5 Å². The molecule has 0 saturated carbocycles. The molecule has 0 unspecified atom stereocenters. The zero-order chi connectivity index (χ0) is 16.4. The van der Waals surface area contributed by atoms with Crippen LogP contribution < -0.4 is 14.8 Å². The second-order valence-electron chi connectivity index (χ2n) is 5.16. The van der Waals surface area contributed by atoms with Crippen LogP contribution in [0.1, 0.15) is 29.0 Å². The van der Waals surface area contributed by atoms with E-state index in [0.29, 0.717) is 23.9 Å². The van der Waals surface area contributed by atoms with E-state index in [4.69, 9.17) is 9.47 Å². The van der Waals surface area contributed by atoms with E-state index in [-0.39, 0.29) is 11.2 Å². The topological polar surface area (TPSA) is 76.2 Å². The number of H-pyrrole nitrogens is 1. The molecule has 6 nitrogen and oxygen atoms in total. The number of carbonyl (C=O) groups excluding carboxylic acids is 1. The minimum Gasteiger partial charge on any atom is -0.493 e. The number of nitrogens with one attached hydrogen (secondary N) is 2. The number of aryl methyl sites for hydroxylation is 1. The third kappa shape index (κ3) is 2.88. The molecule has 1 atom stereocenters. The lowest BCUT2D eigenvalue weighted by atomic mass is 10.0. The second-order valence-corrected chi connectivity index (χ2v) is 6.26. The van der Waals surface area contributed by atoms with Crippen LogP contribution in [0.25, 0.3) is 0 Å². The Hall–Kier alpha value is -2.15. The van der Waals surface area contributed by atoms with E-state index in [1.165, 1.54) is 0 Å². The standard InChI is InChI=1S/C16H19N3O3S/c1-4-22-14-10(6-5-7-11(14)21-3)15-13-9(2)18-19-16(13)17-12(20)8-23-15/h5-7,15H,4,8H2,1-3H3,(H2,17,18,19,20)/t15-/m1/s1. The Balaban J connectivity index is 2.14. The Morgan fingerprint density at radius 1 is 1.43 bits per heavy atom. The van der Waals surface area contributed by atoms with Crippen molar-refractivity contribution in [1.29, 1.82) is 0 Å². The van der Waals surface area contributed by atoms with Crippen molar-refractivity contribution in [3.05, 3.63) is 35.0 Å². The molecule has 2 heterocycles. The zero-order valence-electron chi connectivity index (χ0n) is 13.3. The third-order valence-corrected chi connectivity index (χ3v) is 4.95. The van der Waals surface area contributed by atoms with Gasteiger partial charge in [-0.3, -0.25) is 9.89 Å². The number of amides is 1. The van der Waals surface area contributed by atoms with Crippen molar-refractivity contribution < 1.29 is 14.3 Å². The molecule has 0 radical (unpaired) electrons. The monoisotopic (exact) mass is 333 g/mol. The van der Waals surface area contributed by atoms with Crippen molar-refractivity contribution in [2.75, 3.05) is 24.8 Å². The van der Waals surface area contributed by atoms with Gasteiger partial charge in [-0.15, -0.1) is 11.8 Å². The van der Waals surface area contributed by atoms with E-state index in [1.807, 2.05) is 32.0 Å². The number of thioether (sulfide) groups is 1. The van der Waals surface area contributed by atoms with Gasteiger partial charge in [0.2, 0.25) is 5.91 Å². The van der Waals surface area contributed by atoms with Gasteiger partial charge in [-0.1, -0.05) is 12.1 Å². The highest BCUT2D eigenvalue weighted by atomic mass is 32.2. The van der Waals surface area contributed by atoms with Gasteiger partial charge in [0, 0.05) is 16.8 Å². The number of hydrogen-bond donors (Lipinski definition) is 2. The number of aromatic nitrogens is 2. The van der Waals surface area contributed by atoms with Crippen LogP contribution in [-0.4, -0.2) is 35.6 Å². The first kappa shape index (κ1) is 15.7. The number of ether oxygens (including phenoxy) is 2. The molecule has 0 aliphatic carbocycles. The van der Waals surface area contributed by atoms with E-state index in [9.17, 15) is 4.79 Å². The molecule has 1 aliphatic heterocycles. The molecule has 0 fully saturated rings. The van der Waals surface area contributed by atoms with Crippen LogP contribution >= 0.6 is 11.8 Å². The van der Waals surface area contributed by atoms with Crippen LogP contribution in [-0.2, 0) is 4.79 Å². The summed E-state index contributed by atoms with van der Waals surface area (Å²) in [5.74, 6) is 2.31. The van der Waals surface area contributed by atoms with Crippen molar-refractivity contribution in [2.45, 2.75) is 19.1 Å². The first-order valence-electron chi connectivity index (χ1n) is 7.41. The number of hydrogen-bond acceptors (Lipinski definition) is 5. The number of para-hydroxylation sites is 1. The van der Waals surface area contributed by atoms with Crippen LogP contribution in [0, 0.1) is 6.92 Å². The maximum Gasteiger partial charge on any atom is 0.235 e. The van der Waals surface area contributed by atoms with Gasteiger partial charge < -0.3 is 14.8 Å². The molecule has 3 rings (SSSR count). The Labute approximate surface area is 138 Å². The number of benzene rings is 1. The van der Waals surface area contributed by atoms with Gasteiger partial charge in [-0.25, -0.2) is 0 Å². The van der Waals surface area contributed by atoms with Crippen molar-refractivity contribution >= 4 is 23.5 Å². The number of carbonyl (C=O) groups is 1. The van der Waals surface area contributed by atoms with Crippen LogP contribution in [0.5, 0.6) is 11.5 Å². The number of anilines is 1. The van der Waals surface area contributed by atoms with Crippen LogP contribution in [0.2, 0.25) is 0 Å². The minimum atomic E-state index is -0.0562. The third-order valence-electron chi connectivity index (χ3n) is 3.70. The summed E-state index contributed by atoms with van der Waals surface area (Å²) in [5.41, 5.74) is 2.90. The Bertz CT molecular complexity index is 729. The lowest BCUT2D eigenvalue weighted by Gasteiger charge is -2.20. The lowest BCUT2D eigenvalue weighted by Crippen LogP contribution is -2.12. The van der Waals surface area contributed by atoms with E-state index < -0.39 is 0 Å². The fourth-order valence-corrected chi connectivity index (χ4v) is 3.92. The summed E-state index contributed by atoms with van der Waals surface area (Å²) < 4.78 is 11.3. The summed E-state index contributed by atoms with van der Waals surface area (Å²) in [6.07, 6.45) is 0. The first-order chi connectivity index (χ1) is 11.2. The Kier molecular flexibility index (Phi) is 4.47. The van der Waals surface area contributed by atoms with Gasteiger partial charge in [0.05, 0.1) is 24.7 Å². The summed E-state index contributed by atoms with van der Waals surface area (Å²) in [5, 5.41) is 9.97. The van der Waals surface area contributed by atoms with Crippen molar-refractivity contribution in [2.24, 2.45) is 0 Å². The normalized spacial score (nSPS) is 17.2. The van der Waals surface area contributed by atoms with Crippen molar-refractivity contribution in [1.82, 2.24) is 10.2 Å². The minimum absolute atomic E-state index is 0.0499. The molecular formula is C16H19N3O3S. The first-order valence-corrected chi connectivity index (χ1v) is 8.46. The predicted molar refractivity (Wildman–Crippen MR) is 90.4 cm³/mol. The molecule has 7 heteroatoms. The average Bonchev–Trinajstić information content (AvgIpc) is 2.80. The van der Waals surface area contributed by atoms with Crippen molar-refractivity contribution in [3.8, 4) is 11.5 Å². The molecule has 23 heavy (non-hydrogen) atoms. The highest BCUT2D eigenvalue weighted by molar-refractivity contribution is 8.00. The largest absolute Gasteiger partial charge is 0.493 e. The average molecular weight is 333 g/mol. The van der Waals surface area contributed by atoms with Crippen LogP contribution in [0.3, 0.4) is 0 Å². The molecule has 0 saturated heterocycles. The lowest BCUT2D eigenvalue weighted by molar-refractivity contribution is -0.113. The molecule has 0 spiro atoms. The zero-order valence-corrected chi connectivity index (χ0v) is 14.1. The number of aromatic amines is 1. The van der Waals surface area contributed by atoms with Crippen LogP contribution in [0.15, 0.2) is 18.2 Å². The Morgan fingerprint density at radius 2 is 2.26 bits per heavy atom. The van der Waals surface area contributed by atoms with Gasteiger partial charge in [-0.2, -0.15) is 5.10 Å². The van der Waals surface area contributed by atoms with Gasteiger partial charge in [-0.05, 0) is 19.9 Å². The van der Waals surface area contributed by atoms with E-state index in [1.54, 1.807) is 18.9 Å². The highest BCUT2D eigenvalue weighted by Crippen LogP contribution is 2.47. The van der Waals surface area contributed by atoms with Gasteiger partial charge in [0.1, 0.15) is 0 Å². The SMILES string of the molecule is CCOc1c(OC)cccc1[C@H]1SCC(=O)Nc2n[nH]c(C)c21. The molecule has 0 bridgehead atoms. The molecule has 122 valence electrons. The second kappa shape index (κ2) is 6.54. The van der Waals surface area contributed by atoms with E-state index in [0.717, 1.165) is 22.6 Å². The maximum atomic E-state index is 11.9. The molecule has 1 aliphatic rings. The number of nitrogens with zero attached hydrogens (tertiary/aromatic N) is 1.